The standard InChI is InChI=1S/C17H24N4O.CH5N/c1-2-4-13(5-3-1)21-17-15-14(12-6-8-22-9-7-12)10-18-16(15)19-11-20-17;1-2/h10-13H,1-9H2,(H2,18,19,20,21);2H2,1H3. The number of rotatable bonds is 3. The molecule has 1 aliphatic heterocycles. The van der Waals surface area contributed by atoms with E-state index in [-0.39, 0.29) is 0 Å². The van der Waals surface area contributed by atoms with Crippen LogP contribution in [0.5, 0.6) is 0 Å². The summed E-state index contributed by atoms with van der Waals surface area (Å²) in [5.74, 6) is 1.57. The third-order valence-electron chi connectivity index (χ3n) is 5.11. The molecule has 0 unspecified atom stereocenters. The fourth-order valence-electron chi connectivity index (χ4n) is 3.87. The molecule has 132 valence electrons. The first-order chi connectivity index (χ1) is 11.9. The number of hydrogen-bond acceptors (Lipinski definition) is 5. The van der Waals surface area contributed by atoms with Crippen molar-refractivity contribution in [2.75, 3.05) is 25.6 Å². The number of ether oxygens (including phenoxy) is 1. The van der Waals surface area contributed by atoms with Gasteiger partial charge in [-0.25, -0.2) is 9.97 Å². The molecule has 0 spiro atoms. The van der Waals surface area contributed by atoms with E-state index in [1.165, 1.54) is 50.1 Å². The monoisotopic (exact) mass is 331 g/mol. The lowest BCUT2D eigenvalue weighted by Gasteiger charge is -2.25. The molecule has 2 aromatic heterocycles. The van der Waals surface area contributed by atoms with Crippen molar-refractivity contribution in [2.45, 2.75) is 56.9 Å². The van der Waals surface area contributed by atoms with Gasteiger partial charge in [-0.1, -0.05) is 19.3 Å². The Morgan fingerprint density at radius 3 is 2.58 bits per heavy atom. The Kier molecular flexibility index (Phi) is 6.04. The fraction of sp³-hybridized carbons (Fsp3) is 0.667. The summed E-state index contributed by atoms with van der Waals surface area (Å²) in [7, 11) is 1.50. The van der Waals surface area contributed by atoms with Crippen molar-refractivity contribution in [3.05, 3.63) is 18.1 Å². The third-order valence-corrected chi connectivity index (χ3v) is 5.11. The van der Waals surface area contributed by atoms with Crippen LogP contribution in [-0.2, 0) is 4.74 Å². The van der Waals surface area contributed by atoms with Gasteiger partial charge < -0.3 is 20.8 Å². The van der Waals surface area contributed by atoms with Crippen LogP contribution in [0.3, 0.4) is 0 Å². The fourth-order valence-corrected chi connectivity index (χ4v) is 3.87. The van der Waals surface area contributed by atoms with Gasteiger partial charge >= 0.3 is 0 Å². The maximum atomic E-state index is 5.50. The van der Waals surface area contributed by atoms with E-state index in [0.717, 1.165) is 37.5 Å². The Hall–Kier alpha value is -1.66. The van der Waals surface area contributed by atoms with Crippen molar-refractivity contribution in [1.82, 2.24) is 15.0 Å². The van der Waals surface area contributed by atoms with Crippen molar-refractivity contribution in [1.29, 1.82) is 0 Å². The summed E-state index contributed by atoms with van der Waals surface area (Å²) < 4.78 is 5.50. The molecule has 1 saturated carbocycles. The van der Waals surface area contributed by atoms with E-state index in [0.29, 0.717) is 12.0 Å². The maximum Gasteiger partial charge on any atom is 0.143 e. The van der Waals surface area contributed by atoms with Gasteiger partial charge in [0, 0.05) is 25.5 Å². The molecular weight excluding hydrogens is 302 g/mol. The second-order valence-electron chi connectivity index (χ2n) is 6.56. The number of nitrogens with two attached hydrogens (primary N) is 1. The van der Waals surface area contributed by atoms with Crippen molar-refractivity contribution in [3.8, 4) is 0 Å². The Labute approximate surface area is 143 Å². The second kappa shape index (κ2) is 8.44. The van der Waals surface area contributed by atoms with Crippen LogP contribution in [0.4, 0.5) is 5.82 Å². The molecule has 0 bridgehead atoms. The molecule has 6 heteroatoms. The topological polar surface area (TPSA) is 88.9 Å². The molecule has 1 aliphatic carbocycles. The molecule has 1 saturated heterocycles. The Balaban J connectivity index is 0.000000815. The molecule has 2 aliphatic rings. The highest BCUT2D eigenvalue weighted by molar-refractivity contribution is 5.90. The highest BCUT2D eigenvalue weighted by atomic mass is 16.5. The minimum atomic E-state index is 0.556. The minimum absolute atomic E-state index is 0.556. The van der Waals surface area contributed by atoms with Gasteiger partial charge in [-0.3, -0.25) is 0 Å². The molecule has 6 nitrogen and oxygen atoms in total. The number of hydrogen-bond donors (Lipinski definition) is 3. The highest BCUT2D eigenvalue weighted by Crippen LogP contribution is 2.35. The molecule has 24 heavy (non-hydrogen) atoms. The second-order valence-corrected chi connectivity index (χ2v) is 6.56. The van der Waals surface area contributed by atoms with Gasteiger partial charge in [0.25, 0.3) is 0 Å². The molecule has 4 N–H and O–H groups in total. The predicted octanol–water partition coefficient (Wildman–Crippen LogP) is 3.17. The van der Waals surface area contributed by atoms with Crippen LogP contribution in [0.1, 0.15) is 56.4 Å². The molecule has 3 heterocycles. The SMILES string of the molecule is CN.c1nc(NC2CCCCC2)c2c(C3CCOCC3)c[nH]c2n1. The third kappa shape index (κ3) is 3.70. The van der Waals surface area contributed by atoms with Crippen molar-refractivity contribution in [2.24, 2.45) is 5.73 Å². The van der Waals surface area contributed by atoms with Gasteiger partial charge in [-0.05, 0) is 44.2 Å². The molecule has 0 radical (unpaired) electrons. The summed E-state index contributed by atoms with van der Waals surface area (Å²) >= 11 is 0. The summed E-state index contributed by atoms with van der Waals surface area (Å²) in [6, 6.07) is 0.560. The lowest BCUT2D eigenvalue weighted by molar-refractivity contribution is 0.0856. The van der Waals surface area contributed by atoms with E-state index in [1.54, 1.807) is 6.33 Å². The van der Waals surface area contributed by atoms with Gasteiger partial charge in [0.15, 0.2) is 0 Å². The van der Waals surface area contributed by atoms with Crippen molar-refractivity contribution in [3.63, 3.8) is 0 Å². The van der Waals surface area contributed by atoms with Gasteiger partial charge in [0.1, 0.15) is 17.8 Å². The number of fused-ring (bicyclic) bond motifs is 1. The van der Waals surface area contributed by atoms with Gasteiger partial charge in [-0.15, -0.1) is 0 Å². The Morgan fingerprint density at radius 2 is 1.83 bits per heavy atom. The van der Waals surface area contributed by atoms with E-state index in [1.807, 2.05) is 0 Å². The number of nitrogens with zero attached hydrogens (tertiary/aromatic N) is 2. The number of nitrogens with one attached hydrogen (secondary N) is 2. The lowest BCUT2D eigenvalue weighted by atomic mass is 9.91. The highest BCUT2D eigenvalue weighted by Gasteiger charge is 2.23. The van der Waals surface area contributed by atoms with Crippen LogP contribution in [-0.4, -0.2) is 41.3 Å². The van der Waals surface area contributed by atoms with Crippen molar-refractivity contribution < 1.29 is 4.74 Å². The van der Waals surface area contributed by atoms with Crippen LogP contribution >= 0.6 is 0 Å². The maximum absolute atomic E-state index is 5.50. The molecule has 2 fully saturated rings. The molecule has 0 aromatic carbocycles. The molecule has 4 rings (SSSR count). The van der Waals surface area contributed by atoms with Crippen LogP contribution < -0.4 is 11.1 Å². The quantitative estimate of drug-likeness (QED) is 0.804. The number of aromatic nitrogens is 3. The number of H-pyrrole nitrogens is 1. The van der Waals surface area contributed by atoms with Crippen LogP contribution in [0.15, 0.2) is 12.5 Å². The van der Waals surface area contributed by atoms with E-state index >= 15 is 0 Å². The number of aromatic amines is 1. The first kappa shape index (κ1) is 17.2. The minimum Gasteiger partial charge on any atom is -0.381 e. The average Bonchev–Trinajstić information content (AvgIpc) is 3.10. The van der Waals surface area contributed by atoms with E-state index in [2.05, 4.69) is 32.2 Å². The first-order valence-corrected chi connectivity index (χ1v) is 9.16. The van der Waals surface area contributed by atoms with Crippen LogP contribution in [0.2, 0.25) is 0 Å². The number of anilines is 1. The summed E-state index contributed by atoms with van der Waals surface area (Å²) in [5, 5.41) is 4.88. The zero-order valence-corrected chi connectivity index (χ0v) is 14.6. The molecule has 2 aromatic rings. The average molecular weight is 331 g/mol. The smallest absolute Gasteiger partial charge is 0.143 e. The zero-order valence-electron chi connectivity index (χ0n) is 14.6. The Bertz CT molecular complexity index is 629. The zero-order chi connectivity index (χ0) is 16.8. The van der Waals surface area contributed by atoms with Crippen LogP contribution in [0.25, 0.3) is 11.0 Å². The Morgan fingerprint density at radius 1 is 1.08 bits per heavy atom. The first-order valence-electron chi connectivity index (χ1n) is 9.16. The van der Waals surface area contributed by atoms with E-state index < -0.39 is 0 Å². The van der Waals surface area contributed by atoms with Crippen LogP contribution in [0, 0.1) is 0 Å². The molecule has 0 amide bonds. The summed E-state index contributed by atoms with van der Waals surface area (Å²) in [5.41, 5.74) is 6.81. The largest absolute Gasteiger partial charge is 0.381 e. The van der Waals surface area contributed by atoms with E-state index in [9.17, 15) is 0 Å². The lowest BCUT2D eigenvalue weighted by Crippen LogP contribution is -2.23. The van der Waals surface area contributed by atoms with Gasteiger partial charge in [-0.2, -0.15) is 0 Å². The van der Waals surface area contributed by atoms with Gasteiger partial charge in [0.05, 0.1) is 5.39 Å². The summed E-state index contributed by atoms with van der Waals surface area (Å²) in [6.07, 6.45) is 12.5. The molecular formula is C18H29N5O. The summed E-state index contributed by atoms with van der Waals surface area (Å²) in [4.78, 5) is 12.3. The normalized spacial score (nSPS) is 19.8. The van der Waals surface area contributed by atoms with Gasteiger partial charge in [0.2, 0.25) is 0 Å². The van der Waals surface area contributed by atoms with Crippen molar-refractivity contribution >= 4 is 16.9 Å². The van der Waals surface area contributed by atoms with E-state index in [4.69, 9.17) is 4.74 Å². The summed E-state index contributed by atoms with van der Waals surface area (Å²) in [6.45, 7) is 1.72. The predicted molar refractivity (Wildman–Crippen MR) is 97.3 cm³/mol. The molecule has 0 atom stereocenters.